The number of hydrogen-bond acceptors (Lipinski definition) is 5. The van der Waals surface area contributed by atoms with Crippen LogP contribution in [0.5, 0.6) is 5.75 Å². The molecule has 140 valence electrons. The van der Waals surface area contributed by atoms with Crippen LogP contribution in [0.1, 0.15) is 24.2 Å². The first-order valence-corrected chi connectivity index (χ1v) is 8.79. The Morgan fingerprint density at radius 2 is 2.00 bits per heavy atom. The van der Waals surface area contributed by atoms with Gasteiger partial charge in [0.2, 0.25) is 0 Å². The Morgan fingerprint density at radius 1 is 1.32 bits per heavy atom. The highest BCUT2D eigenvalue weighted by Gasteiger charge is 2.33. The molecule has 0 spiro atoms. The number of fused-ring (bicyclic) bond motifs is 1. The van der Waals surface area contributed by atoms with Gasteiger partial charge in [0, 0.05) is 38.8 Å². The van der Waals surface area contributed by atoms with Gasteiger partial charge in [0.25, 0.3) is 5.91 Å². The molecule has 1 aromatic carbocycles. The van der Waals surface area contributed by atoms with E-state index in [9.17, 15) is 9.90 Å². The highest BCUT2D eigenvalue weighted by atomic mass is 16.5. The van der Waals surface area contributed by atoms with Crippen molar-refractivity contribution in [2.24, 2.45) is 5.92 Å². The SMILES string of the molecule is C[C@H](CO)N1C[C@H](C)[C@H](CN(C)C)Oc2ccc(N(C)C)cc2C1=O. The van der Waals surface area contributed by atoms with Crippen LogP contribution in [0.25, 0.3) is 0 Å². The Bertz CT molecular complexity index is 604. The van der Waals surface area contributed by atoms with Gasteiger partial charge in [0.15, 0.2) is 0 Å². The predicted molar refractivity (Wildman–Crippen MR) is 100 cm³/mol. The van der Waals surface area contributed by atoms with Crippen LogP contribution < -0.4 is 9.64 Å². The molecular weight excluding hydrogens is 318 g/mol. The zero-order valence-corrected chi connectivity index (χ0v) is 16.2. The summed E-state index contributed by atoms with van der Waals surface area (Å²) in [6.45, 7) is 5.25. The number of ether oxygens (including phenoxy) is 1. The molecule has 0 aliphatic carbocycles. The summed E-state index contributed by atoms with van der Waals surface area (Å²) in [6.07, 6.45) is -0.0274. The van der Waals surface area contributed by atoms with E-state index in [2.05, 4.69) is 11.8 Å². The molecule has 25 heavy (non-hydrogen) atoms. The smallest absolute Gasteiger partial charge is 0.258 e. The third-order valence-electron chi connectivity index (χ3n) is 4.71. The fourth-order valence-electron chi connectivity index (χ4n) is 3.07. The molecule has 0 saturated carbocycles. The number of aliphatic hydroxyl groups excluding tert-OH is 1. The van der Waals surface area contributed by atoms with E-state index in [-0.39, 0.29) is 30.6 Å². The van der Waals surface area contributed by atoms with E-state index >= 15 is 0 Å². The molecule has 1 aliphatic heterocycles. The summed E-state index contributed by atoms with van der Waals surface area (Å²) >= 11 is 0. The van der Waals surface area contributed by atoms with Gasteiger partial charge in [0.1, 0.15) is 11.9 Å². The monoisotopic (exact) mass is 349 g/mol. The maximum Gasteiger partial charge on any atom is 0.258 e. The van der Waals surface area contributed by atoms with Crippen LogP contribution >= 0.6 is 0 Å². The first-order chi connectivity index (χ1) is 11.7. The number of hydrogen-bond donors (Lipinski definition) is 1. The van der Waals surface area contributed by atoms with Crippen molar-refractivity contribution in [2.45, 2.75) is 26.0 Å². The van der Waals surface area contributed by atoms with Crippen LogP contribution in [0.15, 0.2) is 18.2 Å². The van der Waals surface area contributed by atoms with E-state index in [4.69, 9.17) is 4.74 Å². The van der Waals surface area contributed by atoms with E-state index < -0.39 is 0 Å². The quantitative estimate of drug-likeness (QED) is 0.874. The normalized spacial score (nSPS) is 22.1. The number of aliphatic hydroxyl groups is 1. The predicted octanol–water partition coefficient (Wildman–Crippen LogP) is 1.53. The summed E-state index contributed by atoms with van der Waals surface area (Å²) in [4.78, 5) is 19.0. The standard InChI is InChI=1S/C19H31N3O3/c1-13-10-22(14(2)12-23)19(24)16-9-15(21(5)6)7-8-17(16)25-18(13)11-20(3)4/h7-9,13-14,18,23H,10-12H2,1-6H3/t13-,14+,18-/m0/s1. The molecule has 1 aromatic rings. The topological polar surface area (TPSA) is 56.2 Å². The minimum Gasteiger partial charge on any atom is -0.488 e. The van der Waals surface area contributed by atoms with Gasteiger partial charge < -0.3 is 24.5 Å². The van der Waals surface area contributed by atoms with Crippen molar-refractivity contribution < 1.29 is 14.6 Å². The Morgan fingerprint density at radius 3 is 2.56 bits per heavy atom. The van der Waals surface area contributed by atoms with E-state index in [1.807, 2.05) is 58.2 Å². The second-order valence-electron chi connectivity index (χ2n) is 7.46. The van der Waals surface area contributed by atoms with Crippen LogP contribution in [-0.4, -0.2) is 80.8 Å². The lowest BCUT2D eigenvalue weighted by Crippen LogP contribution is -2.49. The fourth-order valence-corrected chi connectivity index (χ4v) is 3.07. The molecule has 0 unspecified atom stereocenters. The minimum absolute atomic E-state index is 0.0274. The summed E-state index contributed by atoms with van der Waals surface area (Å²) in [5.41, 5.74) is 1.51. The van der Waals surface area contributed by atoms with Crippen LogP contribution in [-0.2, 0) is 0 Å². The summed E-state index contributed by atoms with van der Waals surface area (Å²) in [5.74, 6) is 0.682. The Labute approximate surface area is 151 Å². The van der Waals surface area contributed by atoms with Gasteiger partial charge in [0.05, 0.1) is 18.2 Å². The number of anilines is 1. The molecule has 2 rings (SSSR count). The highest BCUT2D eigenvalue weighted by molar-refractivity contribution is 5.98. The number of rotatable bonds is 5. The van der Waals surface area contributed by atoms with Gasteiger partial charge in [-0.3, -0.25) is 4.79 Å². The summed E-state index contributed by atoms with van der Waals surface area (Å²) < 4.78 is 6.26. The van der Waals surface area contributed by atoms with E-state index in [0.717, 1.165) is 12.2 Å². The molecule has 6 nitrogen and oxygen atoms in total. The molecule has 0 saturated heterocycles. The molecule has 3 atom stereocenters. The van der Waals surface area contributed by atoms with Crippen LogP contribution in [0.3, 0.4) is 0 Å². The third kappa shape index (κ3) is 4.44. The molecule has 0 fully saturated rings. The largest absolute Gasteiger partial charge is 0.488 e. The lowest BCUT2D eigenvalue weighted by Gasteiger charge is -2.38. The zero-order valence-electron chi connectivity index (χ0n) is 16.2. The number of benzene rings is 1. The third-order valence-corrected chi connectivity index (χ3v) is 4.71. The van der Waals surface area contributed by atoms with Gasteiger partial charge in [-0.1, -0.05) is 6.92 Å². The van der Waals surface area contributed by atoms with Crippen molar-refractivity contribution in [3.05, 3.63) is 23.8 Å². The van der Waals surface area contributed by atoms with Crippen molar-refractivity contribution in [2.75, 3.05) is 52.8 Å². The molecule has 1 aliphatic rings. The van der Waals surface area contributed by atoms with Crippen molar-refractivity contribution in [3.8, 4) is 5.75 Å². The molecule has 0 radical (unpaired) electrons. The zero-order chi connectivity index (χ0) is 18.7. The Hall–Kier alpha value is -1.79. The number of likely N-dealkylation sites (N-methyl/N-ethyl adjacent to an activating group) is 1. The Balaban J connectivity index is 2.50. The van der Waals surface area contributed by atoms with Crippen molar-refractivity contribution in [1.82, 2.24) is 9.80 Å². The maximum absolute atomic E-state index is 13.1. The maximum atomic E-state index is 13.1. The van der Waals surface area contributed by atoms with Crippen molar-refractivity contribution in [3.63, 3.8) is 0 Å². The van der Waals surface area contributed by atoms with Crippen LogP contribution in [0.2, 0.25) is 0 Å². The lowest BCUT2D eigenvalue weighted by molar-refractivity contribution is 0.0363. The highest BCUT2D eigenvalue weighted by Crippen LogP contribution is 2.31. The van der Waals surface area contributed by atoms with E-state index in [1.165, 1.54) is 0 Å². The number of carbonyl (C=O) groups is 1. The van der Waals surface area contributed by atoms with Gasteiger partial charge in [-0.15, -0.1) is 0 Å². The van der Waals surface area contributed by atoms with Crippen LogP contribution in [0.4, 0.5) is 5.69 Å². The second kappa shape index (κ2) is 8.06. The first kappa shape index (κ1) is 19.5. The molecular formula is C19H31N3O3. The Kier molecular flexibility index (Phi) is 6.30. The molecule has 6 heteroatoms. The second-order valence-corrected chi connectivity index (χ2v) is 7.46. The van der Waals surface area contributed by atoms with Gasteiger partial charge in [-0.2, -0.15) is 0 Å². The minimum atomic E-state index is -0.232. The number of nitrogens with zero attached hydrogens (tertiary/aromatic N) is 3. The average Bonchev–Trinajstić information content (AvgIpc) is 2.56. The lowest BCUT2D eigenvalue weighted by atomic mass is 9.99. The van der Waals surface area contributed by atoms with E-state index in [0.29, 0.717) is 17.9 Å². The van der Waals surface area contributed by atoms with E-state index in [1.54, 1.807) is 4.90 Å². The fraction of sp³-hybridized carbons (Fsp3) is 0.632. The molecule has 0 bridgehead atoms. The summed E-state index contributed by atoms with van der Waals surface area (Å²) in [7, 11) is 7.93. The molecule has 1 amide bonds. The molecule has 1 heterocycles. The van der Waals surface area contributed by atoms with Crippen molar-refractivity contribution >= 4 is 11.6 Å². The van der Waals surface area contributed by atoms with Gasteiger partial charge in [-0.05, 0) is 39.2 Å². The number of amides is 1. The van der Waals surface area contributed by atoms with Gasteiger partial charge in [-0.25, -0.2) is 0 Å². The summed E-state index contributed by atoms with van der Waals surface area (Å²) in [6, 6.07) is 5.48. The molecule has 0 aromatic heterocycles. The van der Waals surface area contributed by atoms with Gasteiger partial charge >= 0.3 is 0 Å². The summed E-state index contributed by atoms with van der Waals surface area (Å²) in [5, 5.41) is 9.61. The number of carbonyl (C=O) groups excluding carboxylic acids is 1. The average molecular weight is 349 g/mol. The van der Waals surface area contributed by atoms with Crippen molar-refractivity contribution in [1.29, 1.82) is 0 Å². The molecule has 1 N–H and O–H groups in total. The first-order valence-electron chi connectivity index (χ1n) is 8.79. The van der Waals surface area contributed by atoms with Crippen LogP contribution in [0, 0.1) is 5.92 Å².